The van der Waals surface area contributed by atoms with Crippen LogP contribution in [-0.4, -0.2) is 16.1 Å². The van der Waals surface area contributed by atoms with Crippen molar-refractivity contribution in [3.05, 3.63) is 28.8 Å². The van der Waals surface area contributed by atoms with Gasteiger partial charge < -0.3 is 5.11 Å². The zero-order valence-electron chi connectivity index (χ0n) is 8.94. The molecular weight excluding hydrogens is 210 g/mol. The van der Waals surface area contributed by atoms with Crippen molar-refractivity contribution in [1.29, 1.82) is 0 Å². The third kappa shape index (κ3) is 2.53. The molecule has 0 aliphatic heterocycles. The molecule has 2 aromatic rings. The molecule has 80 valence electrons. The van der Waals surface area contributed by atoms with Crippen molar-refractivity contribution in [3.63, 3.8) is 0 Å². The van der Waals surface area contributed by atoms with Gasteiger partial charge in [0.1, 0.15) is 9.71 Å². The lowest BCUT2D eigenvalue weighted by molar-refractivity contribution is 0.0702. The lowest BCUT2D eigenvalue weighted by Gasteiger charge is -1.89. The third-order valence-electron chi connectivity index (χ3n) is 1.72. The predicted molar refractivity (Wildman–Crippen MR) is 62.7 cm³/mol. The Kier molecular flexibility index (Phi) is 3.80. The first-order valence-electron chi connectivity index (χ1n) is 4.76. The van der Waals surface area contributed by atoms with E-state index >= 15 is 0 Å². The number of rotatable bonds is 1. The number of fused-ring (bicyclic) bond motifs is 1. The van der Waals surface area contributed by atoms with Crippen LogP contribution in [0, 0.1) is 6.92 Å². The minimum atomic E-state index is -0.888. The zero-order chi connectivity index (χ0) is 11.4. The summed E-state index contributed by atoms with van der Waals surface area (Å²) in [5.41, 5.74) is 1.04. The Morgan fingerprint density at radius 1 is 1.40 bits per heavy atom. The van der Waals surface area contributed by atoms with E-state index in [1.807, 2.05) is 26.8 Å². The van der Waals surface area contributed by atoms with Crippen LogP contribution >= 0.6 is 11.3 Å². The Morgan fingerprint density at radius 2 is 2.07 bits per heavy atom. The van der Waals surface area contributed by atoms with Gasteiger partial charge in [-0.05, 0) is 24.6 Å². The highest BCUT2D eigenvalue weighted by molar-refractivity contribution is 7.20. The monoisotopic (exact) mass is 223 g/mol. The van der Waals surface area contributed by atoms with Gasteiger partial charge in [-0.25, -0.2) is 9.78 Å². The van der Waals surface area contributed by atoms with Gasteiger partial charge in [0.05, 0.1) is 0 Å². The molecule has 0 unspecified atom stereocenters. The van der Waals surface area contributed by atoms with Crippen molar-refractivity contribution in [2.75, 3.05) is 0 Å². The number of aryl methyl sites for hydroxylation is 1. The molecule has 0 aliphatic carbocycles. The van der Waals surface area contributed by atoms with Gasteiger partial charge in [-0.2, -0.15) is 0 Å². The highest BCUT2D eigenvalue weighted by atomic mass is 32.1. The van der Waals surface area contributed by atoms with Gasteiger partial charge in [0, 0.05) is 11.6 Å². The lowest BCUT2D eigenvalue weighted by atomic mass is 10.2. The fraction of sp³-hybridized carbons (Fsp3) is 0.273. The van der Waals surface area contributed by atoms with Gasteiger partial charge in [-0.3, -0.25) is 0 Å². The van der Waals surface area contributed by atoms with Crippen LogP contribution in [-0.2, 0) is 0 Å². The number of hydrogen-bond donors (Lipinski definition) is 1. The Bertz CT molecular complexity index is 476. The summed E-state index contributed by atoms with van der Waals surface area (Å²) < 4.78 is 0. The van der Waals surface area contributed by atoms with Crippen LogP contribution in [0.15, 0.2) is 18.3 Å². The summed E-state index contributed by atoms with van der Waals surface area (Å²) in [6.45, 7) is 5.94. The van der Waals surface area contributed by atoms with Crippen molar-refractivity contribution in [1.82, 2.24) is 4.98 Å². The molecule has 0 bridgehead atoms. The van der Waals surface area contributed by atoms with Crippen LogP contribution in [0.3, 0.4) is 0 Å². The van der Waals surface area contributed by atoms with Crippen LogP contribution in [0.5, 0.6) is 0 Å². The molecular formula is C11H13NO2S. The zero-order valence-corrected chi connectivity index (χ0v) is 9.76. The van der Waals surface area contributed by atoms with E-state index in [2.05, 4.69) is 4.98 Å². The summed E-state index contributed by atoms with van der Waals surface area (Å²) in [6.07, 6.45) is 1.74. The maximum atomic E-state index is 10.6. The topological polar surface area (TPSA) is 50.2 Å². The first-order valence-corrected chi connectivity index (χ1v) is 5.58. The summed E-state index contributed by atoms with van der Waals surface area (Å²) in [7, 11) is 0. The van der Waals surface area contributed by atoms with Crippen LogP contribution in [0.2, 0.25) is 0 Å². The Morgan fingerprint density at radius 3 is 2.67 bits per heavy atom. The average Bonchev–Trinajstić information content (AvgIpc) is 2.63. The van der Waals surface area contributed by atoms with Gasteiger partial charge in [-0.1, -0.05) is 13.8 Å². The summed E-state index contributed by atoms with van der Waals surface area (Å²) in [6, 6.07) is 3.59. The fourth-order valence-electron chi connectivity index (χ4n) is 1.15. The van der Waals surface area contributed by atoms with Gasteiger partial charge >= 0.3 is 5.97 Å². The SMILES string of the molecule is CC.Cc1cnc2sc(C(=O)O)cc2c1. The Labute approximate surface area is 92.4 Å². The van der Waals surface area contributed by atoms with E-state index in [0.717, 1.165) is 15.8 Å². The molecule has 2 rings (SSSR count). The Balaban J connectivity index is 0.000000531. The Hall–Kier alpha value is -1.42. The minimum absolute atomic E-state index is 0.341. The summed E-state index contributed by atoms with van der Waals surface area (Å²) >= 11 is 1.20. The van der Waals surface area contributed by atoms with Gasteiger partial charge in [-0.15, -0.1) is 11.3 Å². The van der Waals surface area contributed by atoms with E-state index < -0.39 is 5.97 Å². The van der Waals surface area contributed by atoms with Crippen molar-refractivity contribution >= 4 is 27.5 Å². The molecule has 0 fully saturated rings. The van der Waals surface area contributed by atoms with Gasteiger partial charge in [0.25, 0.3) is 0 Å². The fourth-order valence-corrected chi connectivity index (χ4v) is 1.97. The molecule has 3 nitrogen and oxygen atoms in total. The lowest BCUT2D eigenvalue weighted by Crippen LogP contribution is -1.89. The molecule has 4 heteroatoms. The van der Waals surface area contributed by atoms with E-state index in [-0.39, 0.29) is 0 Å². The number of nitrogens with zero attached hydrogens (tertiary/aromatic N) is 1. The van der Waals surface area contributed by atoms with E-state index in [1.165, 1.54) is 11.3 Å². The molecule has 0 saturated carbocycles. The molecule has 0 amide bonds. The second kappa shape index (κ2) is 4.89. The number of thiophene rings is 1. The highest BCUT2D eigenvalue weighted by Gasteiger charge is 2.08. The molecule has 0 atom stereocenters. The number of aromatic carboxylic acids is 1. The number of carboxylic acids is 1. The minimum Gasteiger partial charge on any atom is -0.477 e. The normalized spacial score (nSPS) is 9.53. The largest absolute Gasteiger partial charge is 0.477 e. The highest BCUT2D eigenvalue weighted by Crippen LogP contribution is 2.23. The smallest absolute Gasteiger partial charge is 0.345 e. The molecule has 0 radical (unpaired) electrons. The van der Waals surface area contributed by atoms with Crippen molar-refractivity contribution in [3.8, 4) is 0 Å². The number of pyridine rings is 1. The number of carboxylic acid groups (broad SMARTS) is 1. The number of aromatic nitrogens is 1. The number of hydrogen-bond acceptors (Lipinski definition) is 3. The summed E-state index contributed by atoms with van der Waals surface area (Å²) in [4.78, 5) is 15.9. The van der Waals surface area contributed by atoms with E-state index in [4.69, 9.17) is 5.11 Å². The predicted octanol–water partition coefficient (Wildman–Crippen LogP) is 3.33. The van der Waals surface area contributed by atoms with Crippen LogP contribution in [0.1, 0.15) is 29.1 Å². The van der Waals surface area contributed by atoms with Crippen LogP contribution < -0.4 is 0 Å². The van der Waals surface area contributed by atoms with E-state index in [0.29, 0.717) is 4.88 Å². The molecule has 0 aromatic carbocycles. The summed E-state index contributed by atoms with van der Waals surface area (Å²) in [5, 5.41) is 9.64. The van der Waals surface area contributed by atoms with E-state index in [1.54, 1.807) is 12.3 Å². The third-order valence-corrected chi connectivity index (χ3v) is 2.77. The second-order valence-corrected chi connectivity index (χ2v) is 3.85. The summed E-state index contributed by atoms with van der Waals surface area (Å²) in [5.74, 6) is -0.888. The standard InChI is InChI=1S/C9H7NO2S.C2H6/c1-5-2-6-3-7(9(11)12)13-8(6)10-4-5;1-2/h2-4H,1H3,(H,11,12);1-2H3. The van der Waals surface area contributed by atoms with Crippen LogP contribution in [0.4, 0.5) is 0 Å². The molecule has 0 aliphatic rings. The van der Waals surface area contributed by atoms with Crippen molar-refractivity contribution < 1.29 is 9.90 Å². The first-order chi connectivity index (χ1) is 7.16. The van der Waals surface area contributed by atoms with Gasteiger partial charge in [0.15, 0.2) is 0 Å². The van der Waals surface area contributed by atoms with Crippen molar-refractivity contribution in [2.45, 2.75) is 20.8 Å². The molecule has 2 heterocycles. The van der Waals surface area contributed by atoms with E-state index in [9.17, 15) is 4.79 Å². The molecule has 1 N–H and O–H groups in total. The molecule has 0 saturated heterocycles. The maximum absolute atomic E-state index is 10.6. The first kappa shape index (κ1) is 11.7. The quantitative estimate of drug-likeness (QED) is 0.806. The second-order valence-electron chi connectivity index (χ2n) is 2.82. The molecule has 15 heavy (non-hydrogen) atoms. The number of carbonyl (C=O) groups is 1. The van der Waals surface area contributed by atoms with Crippen molar-refractivity contribution in [2.24, 2.45) is 0 Å². The van der Waals surface area contributed by atoms with Gasteiger partial charge in [0.2, 0.25) is 0 Å². The average molecular weight is 223 g/mol. The molecule has 2 aromatic heterocycles. The van der Waals surface area contributed by atoms with Crippen LogP contribution in [0.25, 0.3) is 10.2 Å². The molecule has 0 spiro atoms. The maximum Gasteiger partial charge on any atom is 0.345 e.